The quantitative estimate of drug-likeness (QED) is 0.163. The van der Waals surface area contributed by atoms with E-state index in [1.807, 2.05) is 179 Å². The molecule has 0 amide bonds. The molecular formula is C73H103La3N18O8. The Morgan fingerprint density at radius 3 is 0.471 bits per heavy atom. The molecule has 0 unspecified atom stereocenters. The van der Waals surface area contributed by atoms with E-state index in [4.69, 9.17) is 18.9 Å². The summed E-state index contributed by atoms with van der Waals surface area (Å²) in [4.78, 5) is 0. The van der Waals surface area contributed by atoms with Crippen molar-refractivity contribution in [2.45, 2.75) is 199 Å². The van der Waals surface area contributed by atoms with Crippen LogP contribution in [-0.4, -0.2) is 117 Å². The van der Waals surface area contributed by atoms with E-state index in [9.17, 15) is 20.4 Å². The molecule has 4 saturated heterocycles. The van der Waals surface area contributed by atoms with Gasteiger partial charge >= 0.3 is 107 Å². The van der Waals surface area contributed by atoms with E-state index < -0.39 is 22.9 Å². The monoisotopic (exact) mass is 1780 g/mol. The molecule has 542 valence electrons. The molecule has 0 N–H and O–H groups in total. The molecule has 26 nitrogen and oxygen atoms in total. The third kappa shape index (κ3) is 32.9. The number of nitrogens with zero attached hydrogens (tertiary/aromatic N) is 18. The van der Waals surface area contributed by atoms with Gasteiger partial charge in [0, 0.05) is 127 Å². The van der Waals surface area contributed by atoms with Crippen molar-refractivity contribution >= 4 is 0 Å². The van der Waals surface area contributed by atoms with Gasteiger partial charge in [0.2, 0.25) is 0 Å². The number of hydrogen-bond acceptors (Lipinski definition) is 17. The third-order valence-electron chi connectivity index (χ3n) is 14.8. The van der Waals surface area contributed by atoms with Crippen LogP contribution in [-0.2, 0) is 41.8 Å². The smallest absolute Gasteiger partial charge is 0.826 e. The zero-order valence-electron chi connectivity index (χ0n) is 63.2. The minimum Gasteiger partial charge on any atom is -0.826 e. The minimum absolute atomic E-state index is 0. The predicted molar refractivity (Wildman–Crippen MR) is 371 cm³/mol. The Labute approximate surface area is 686 Å². The van der Waals surface area contributed by atoms with Crippen molar-refractivity contribution in [2.24, 2.45) is 0 Å². The molecule has 2 aliphatic carbocycles. The summed E-state index contributed by atoms with van der Waals surface area (Å²) in [6.07, 6.45) is 21.1. The Hall–Kier alpha value is -4.89. The van der Waals surface area contributed by atoms with E-state index in [-0.39, 0.29) is 107 Å². The Kier molecular flexibility index (Phi) is 42.9. The fourth-order valence-electron chi connectivity index (χ4n) is 10.3. The maximum atomic E-state index is 12.9. The van der Waals surface area contributed by atoms with Crippen LogP contribution in [0.4, 0.5) is 0 Å². The second-order valence-electron chi connectivity index (χ2n) is 25.1. The molecule has 4 fully saturated rings. The molecule has 6 aliphatic rings. The molecule has 9 aromatic heterocycles. The van der Waals surface area contributed by atoms with Gasteiger partial charge < -0.3 is 90.4 Å². The first-order valence-electron chi connectivity index (χ1n) is 33.7. The van der Waals surface area contributed by atoms with Crippen molar-refractivity contribution < 1.29 is 146 Å². The van der Waals surface area contributed by atoms with Crippen LogP contribution in [0.15, 0.2) is 103 Å². The van der Waals surface area contributed by atoms with Gasteiger partial charge in [0.05, 0.1) is 22.8 Å². The van der Waals surface area contributed by atoms with Crippen LogP contribution in [0.5, 0.6) is 0 Å². The molecule has 0 aromatic carbocycles. The van der Waals surface area contributed by atoms with Crippen molar-refractivity contribution in [1.29, 1.82) is 0 Å². The van der Waals surface area contributed by atoms with Crippen LogP contribution in [0.25, 0.3) is 0 Å². The number of ether oxygens (including phenoxy) is 4. The van der Waals surface area contributed by atoms with Gasteiger partial charge in [-0.1, -0.05) is 114 Å². The molecule has 0 saturated carbocycles. The molecule has 0 atom stereocenters. The van der Waals surface area contributed by atoms with Crippen LogP contribution in [0.3, 0.4) is 0 Å². The zero-order chi connectivity index (χ0) is 72.8. The fourth-order valence-corrected chi connectivity index (χ4v) is 10.3. The van der Waals surface area contributed by atoms with Crippen LogP contribution < -0.4 is 45.9 Å². The van der Waals surface area contributed by atoms with Gasteiger partial charge in [-0.15, -0.1) is 28.5 Å². The van der Waals surface area contributed by atoms with Gasteiger partial charge in [-0.05, 0) is 166 Å². The fraction of sp³-hybridized carbons (Fsp3) is 0.521. The normalized spacial score (nSPS) is 19.8. The summed E-state index contributed by atoms with van der Waals surface area (Å²) in [5, 5.41) is 106. The van der Waals surface area contributed by atoms with Gasteiger partial charge in [-0.3, -0.25) is 18.7 Å². The predicted octanol–water partition coefficient (Wildman–Crippen LogP) is 6.80. The Balaban J connectivity index is 0.000000403. The number of aryl methyl sites for hydroxylation is 18. The van der Waals surface area contributed by atoms with Gasteiger partial charge in [0.1, 0.15) is 0 Å². The Morgan fingerprint density at radius 2 is 0.402 bits per heavy atom. The van der Waals surface area contributed by atoms with Crippen molar-refractivity contribution in [1.82, 2.24) is 90.1 Å². The second kappa shape index (κ2) is 46.9. The molecule has 15 rings (SSSR count). The largest absolute Gasteiger partial charge is 3.00 e. The minimum atomic E-state index is -1.68. The summed E-state index contributed by atoms with van der Waals surface area (Å²) < 4.78 is 25.3. The first-order valence-corrected chi connectivity index (χ1v) is 33.7. The second-order valence-corrected chi connectivity index (χ2v) is 25.1. The summed E-state index contributed by atoms with van der Waals surface area (Å²) in [6, 6.07) is 17.1. The Morgan fingerprint density at radius 1 is 0.255 bits per heavy atom. The standard InChI is InChI=1S/2C16H18N4O2.5C5H7N2.4C4H8O.3La/c2*1-11-9-13(3)19(17-11)15(21)5-7-16(22,8-6-15)20-14(4)10-12(2)18-20;5*1-4-3-5(2)7-6-4;4*1-2-4-5-3-1;;;/h2*5-10H,1-4H3;5*3H,1-2H3;4*1-4H2;;;/q2*-2;5*-1;;;;;3*+3. The summed E-state index contributed by atoms with van der Waals surface area (Å²) in [5.41, 5.74) is 9.37. The number of hydrogen-bond donors (Lipinski definition) is 0. The molecule has 4 aliphatic heterocycles. The molecule has 0 radical (unpaired) electrons. The number of rotatable bonds is 4. The van der Waals surface area contributed by atoms with E-state index in [1.54, 1.807) is 0 Å². The zero-order valence-corrected chi connectivity index (χ0v) is 74.1. The van der Waals surface area contributed by atoms with Crippen molar-refractivity contribution in [3.63, 3.8) is 0 Å². The SMILES string of the molecule is C1CCOC1.C1CCOC1.C1CCOC1.C1CCOC1.Cc1cc(C)[n-]n1.Cc1cc(C)[n-]n1.Cc1cc(C)[n-]n1.Cc1cc(C)[n-]n1.Cc1cc(C)[n-]n1.Cc1cc(C)n(C2([O-])C=CC([O-])(n3nc(C)cc3C)C=C2)n1.Cc1cc(C)n(C2([O-])C=CC([O-])(n3nc(C)cc3C)C=C2)n1.[La+3].[La+3].[La+3]. The summed E-state index contributed by atoms with van der Waals surface area (Å²) >= 11 is 0. The van der Waals surface area contributed by atoms with Crippen LogP contribution in [0.1, 0.15) is 154 Å². The van der Waals surface area contributed by atoms with Gasteiger partial charge in [0.25, 0.3) is 0 Å². The third-order valence-corrected chi connectivity index (χ3v) is 14.8. The molecule has 29 heteroatoms. The molecule has 0 bridgehead atoms. The van der Waals surface area contributed by atoms with Gasteiger partial charge in [0.15, 0.2) is 0 Å². The average Bonchev–Trinajstić information content (AvgIpc) is 1.48. The van der Waals surface area contributed by atoms with Crippen molar-refractivity contribution in [3.8, 4) is 0 Å². The maximum absolute atomic E-state index is 12.9. The summed E-state index contributed by atoms with van der Waals surface area (Å²) in [6.45, 7) is 41.9. The van der Waals surface area contributed by atoms with Crippen molar-refractivity contribution in [2.75, 3.05) is 52.9 Å². The summed E-state index contributed by atoms with van der Waals surface area (Å²) in [7, 11) is 0. The first kappa shape index (κ1) is 93.2. The number of aromatic nitrogens is 18. The van der Waals surface area contributed by atoms with E-state index in [0.29, 0.717) is 0 Å². The van der Waals surface area contributed by atoms with E-state index >= 15 is 0 Å². The molecule has 102 heavy (non-hydrogen) atoms. The van der Waals surface area contributed by atoms with E-state index in [2.05, 4.69) is 71.4 Å². The molecular weight excluding hydrogens is 1670 g/mol. The first-order chi connectivity index (χ1) is 46.9. The van der Waals surface area contributed by atoms with E-state index in [1.165, 1.54) is 119 Å². The topological polar surface area (TPSA) is 335 Å². The van der Waals surface area contributed by atoms with Crippen LogP contribution >= 0.6 is 0 Å². The van der Waals surface area contributed by atoms with Gasteiger partial charge in [-0.2, -0.15) is 20.4 Å². The van der Waals surface area contributed by atoms with E-state index in [0.717, 1.165) is 155 Å². The summed E-state index contributed by atoms with van der Waals surface area (Å²) in [5.74, 6) is 0. The maximum Gasteiger partial charge on any atom is 3.00 e. The molecule has 0 spiro atoms. The average molecular weight is 1780 g/mol. The van der Waals surface area contributed by atoms with Crippen LogP contribution in [0, 0.1) is 231 Å². The molecule has 13 heterocycles. The molecule has 9 aromatic rings. The Bertz CT molecular complexity index is 3240. The van der Waals surface area contributed by atoms with Crippen LogP contribution in [0.2, 0.25) is 0 Å². The van der Waals surface area contributed by atoms with Gasteiger partial charge in [-0.25, -0.2) is 0 Å². The van der Waals surface area contributed by atoms with Crippen molar-refractivity contribution in [3.05, 3.63) is 206 Å².